The molecule has 4 rings (SSSR count). The van der Waals surface area contributed by atoms with Gasteiger partial charge in [-0.3, -0.25) is 14.5 Å². The lowest BCUT2D eigenvalue weighted by Crippen LogP contribution is -2.32. The lowest BCUT2D eigenvalue weighted by atomic mass is 9.97. The molecule has 0 fully saturated rings. The second-order valence-electron chi connectivity index (χ2n) is 8.25. The van der Waals surface area contributed by atoms with Crippen LogP contribution in [0.3, 0.4) is 0 Å². The molecule has 1 aliphatic heterocycles. The summed E-state index contributed by atoms with van der Waals surface area (Å²) in [5.41, 5.74) is 6.25. The lowest BCUT2D eigenvalue weighted by Gasteiger charge is -2.17. The average Bonchev–Trinajstić information content (AvgIpc) is 3.04. The van der Waals surface area contributed by atoms with Crippen molar-refractivity contribution in [1.29, 1.82) is 0 Å². The van der Waals surface area contributed by atoms with Crippen LogP contribution in [-0.4, -0.2) is 23.8 Å². The van der Waals surface area contributed by atoms with E-state index in [-0.39, 0.29) is 18.4 Å². The minimum atomic E-state index is -0.347. The van der Waals surface area contributed by atoms with E-state index in [2.05, 4.69) is 12.2 Å². The molecule has 3 aromatic rings. The molecule has 1 N–H and O–H groups in total. The lowest BCUT2D eigenvalue weighted by molar-refractivity contribution is -0.137. The van der Waals surface area contributed by atoms with Gasteiger partial charge in [0, 0.05) is 11.3 Å². The third-order valence-corrected chi connectivity index (χ3v) is 5.97. The molecule has 5 nitrogen and oxygen atoms in total. The minimum Gasteiger partial charge on any atom is -0.496 e. The van der Waals surface area contributed by atoms with Crippen LogP contribution in [-0.2, 0) is 22.6 Å². The highest BCUT2D eigenvalue weighted by atomic mass is 16.5. The molecule has 2 amide bonds. The fourth-order valence-corrected chi connectivity index (χ4v) is 4.15. The monoisotopic (exact) mass is 440 g/mol. The third kappa shape index (κ3) is 4.40. The first-order valence-electron chi connectivity index (χ1n) is 11.1. The van der Waals surface area contributed by atoms with Crippen LogP contribution >= 0.6 is 0 Å². The maximum absolute atomic E-state index is 13.6. The molecule has 1 heterocycles. The molecule has 0 radical (unpaired) electrons. The van der Waals surface area contributed by atoms with Crippen LogP contribution in [0.1, 0.15) is 34.7 Å². The molecular formula is C28H28N2O3. The Kier molecular flexibility index (Phi) is 6.31. The number of methoxy groups -OCH3 is 1. The molecule has 0 unspecified atom stereocenters. The van der Waals surface area contributed by atoms with Crippen molar-refractivity contribution in [3.8, 4) is 5.75 Å². The Morgan fingerprint density at radius 2 is 1.64 bits per heavy atom. The van der Waals surface area contributed by atoms with Crippen molar-refractivity contribution in [3.63, 3.8) is 0 Å². The summed E-state index contributed by atoms with van der Waals surface area (Å²) >= 11 is 0. The zero-order valence-corrected chi connectivity index (χ0v) is 19.4. The van der Waals surface area contributed by atoms with E-state index in [0.29, 0.717) is 17.0 Å². The Morgan fingerprint density at radius 1 is 0.909 bits per heavy atom. The first-order chi connectivity index (χ1) is 15.9. The van der Waals surface area contributed by atoms with Gasteiger partial charge in [-0.15, -0.1) is 0 Å². The molecule has 5 heteroatoms. The molecule has 0 spiro atoms. The number of hydrogen-bond acceptors (Lipinski definition) is 4. The van der Waals surface area contributed by atoms with Crippen molar-refractivity contribution in [2.45, 2.75) is 33.7 Å². The molecular weight excluding hydrogens is 412 g/mol. The molecule has 1 aliphatic rings. The fourth-order valence-electron chi connectivity index (χ4n) is 4.15. The predicted molar refractivity (Wildman–Crippen MR) is 131 cm³/mol. The molecule has 168 valence electrons. The quantitative estimate of drug-likeness (QED) is 0.509. The van der Waals surface area contributed by atoms with E-state index in [4.69, 9.17) is 4.74 Å². The van der Waals surface area contributed by atoms with Gasteiger partial charge in [0.05, 0.1) is 19.2 Å². The molecule has 0 saturated heterocycles. The van der Waals surface area contributed by atoms with Gasteiger partial charge in [0.25, 0.3) is 11.8 Å². The number of carbonyl (C=O) groups is 2. The number of rotatable bonds is 7. The highest BCUT2D eigenvalue weighted by Gasteiger charge is 2.40. The summed E-state index contributed by atoms with van der Waals surface area (Å²) in [6.07, 6.45) is 0.931. The van der Waals surface area contributed by atoms with E-state index in [9.17, 15) is 9.59 Å². The van der Waals surface area contributed by atoms with Crippen LogP contribution in [0.5, 0.6) is 5.75 Å². The number of anilines is 1. The second-order valence-corrected chi connectivity index (χ2v) is 8.25. The first kappa shape index (κ1) is 22.3. The number of hydrogen-bond donors (Lipinski definition) is 1. The molecule has 0 aromatic heterocycles. The number of imide groups is 1. The van der Waals surface area contributed by atoms with Gasteiger partial charge in [-0.2, -0.15) is 0 Å². The van der Waals surface area contributed by atoms with Crippen molar-refractivity contribution < 1.29 is 14.3 Å². The Labute approximate surface area is 194 Å². The molecule has 0 bridgehead atoms. The smallest absolute Gasteiger partial charge is 0.278 e. The summed E-state index contributed by atoms with van der Waals surface area (Å²) in [6, 6.07) is 21.2. The summed E-state index contributed by atoms with van der Waals surface area (Å²) in [5, 5.41) is 3.24. The second kappa shape index (κ2) is 9.33. The van der Waals surface area contributed by atoms with Crippen LogP contribution in [0, 0.1) is 13.8 Å². The van der Waals surface area contributed by atoms with Crippen LogP contribution < -0.4 is 10.1 Å². The van der Waals surface area contributed by atoms with Gasteiger partial charge in [-0.05, 0) is 55.2 Å². The zero-order chi connectivity index (χ0) is 23.5. The normalized spacial score (nSPS) is 13.6. The van der Waals surface area contributed by atoms with Gasteiger partial charge < -0.3 is 10.1 Å². The fraction of sp³-hybridized carbons (Fsp3) is 0.214. The van der Waals surface area contributed by atoms with E-state index in [1.807, 2.05) is 80.6 Å². The van der Waals surface area contributed by atoms with Crippen molar-refractivity contribution in [2.75, 3.05) is 12.4 Å². The van der Waals surface area contributed by atoms with Crippen molar-refractivity contribution >= 4 is 23.1 Å². The van der Waals surface area contributed by atoms with Crippen LogP contribution in [0.25, 0.3) is 5.57 Å². The SMILES string of the molecule is CCc1ccc(NC2=C(c3ccc(C)cc3C)C(=O)N(Cc3ccccc3OC)C2=O)cc1. The minimum absolute atomic E-state index is 0.135. The van der Waals surface area contributed by atoms with Gasteiger partial charge in [0.2, 0.25) is 0 Å². The van der Waals surface area contributed by atoms with E-state index in [1.54, 1.807) is 7.11 Å². The zero-order valence-electron chi connectivity index (χ0n) is 19.4. The first-order valence-corrected chi connectivity index (χ1v) is 11.1. The standard InChI is InChI=1S/C28H28N2O3/c1-5-20-11-13-22(14-12-20)29-26-25(23-15-10-18(2)16-19(23)3)27(31)30(28(26)32)17-21-8-6-7-9-24(21)33-4/h6-16,29H,5,17H2,1-4H3. The van der Waals surface area contributed by atoms with E-state index in [0.717, 1.165) is 34.4 Å². The summed E-state index contributed by atoms with van der Waals surface area (Å²) in [7, 11) is 1.58. The van der Waals surface area contributed by atoms with E-state index >= 15 is 0 Å². The average molecular weight is 441 g/mol. The van der Waals surface area contributed by atoms with Crippen molar-refractivity contribution in [3.05, 3.63) is 100 Å². The molecule has 0 atom stereocenters. The molecule has 0 aliphatic carbocycles. The van der Waals surface area contributed by atoms with Crippen LogP contribution in [0.4, 0.5) is 5.69 Å². The highest BCUT2D eigenvalue weighted by Crippen LogP contribution is 2.34. The largest absolute Gasteiger partial charge is 0.496 e. The number of carbonyl (C=O) groups excluding carboxylic acids is 2. The van der Waals surface area contributed by atoms with Crippen LogP contribution in [0.2, 0.25) is 0 Å². The number of aryl methyl sites for hydroxylation is 3. The maximum Gasteiger partial charge on any atom is 0.278 e. The summed E-state index contributed by atoms with van der Waals surface area (Å²) in [6.45, 7) is 6.20. The number of nitrogens with zero attached hydrogens (tertiary/aromatic N) is 1. The number of nitrogens with one attached hydrogen (secondary N) is 1. The number of amides is 2. The van der Waals surface area contributed by atoms with Gasteiger partial charge in [0.1, 0.15) is 11.4 Å². The summed E-state index contributed by atoms with van der Waals surface area (Å²) in [4.78, 5) is 28.5. The van der Waals surface area contributed by atoms with Crippen molar-refractivity contribution in [2.24, 2.45) is 0 Å². The topological polar surface area (TPSA) is 58.6 Å². The summed E-state index contributed by atoms with van der Waals surface area (Å²) in [5.74, 6) is -0.0197. The highest BCUT2D eigenvalue weighted by molar-refractivity contribution is 6.36. The molecule has 3 aromatic carbocycles. The maximum atomic E-state index is 13.6. The Balaban J connectivity index is 1.76. The van der Waals surface area contributed by atoms with Crippen LogP contribution in [0.15, 0.2) is 72.4 Å². The molecule has 0 saturated carbocycles. The number of para-hydroxylation sites is 1. The van der Waals surface area contributed by atoms with Crippen molar-refractivity contribution in [1.82, 2.24) is 4.90 Å². The van der Waals surface area contributed by atoms with Gasteiger partial charge in [-0.25, -0.2) is 0 Å². The Morgan fingerprint density at radius 3 is 2.30 bits per heavy atom. The Bertz CT molecular complexity index is 1240. The predicted octanol–water partition coefficient (Wildman–Crippen LogP) is 5.27. The van der Waals surface area contributed by atoms with E-state index in [1.165, 1.54) is 10.5 Å². The van der Waals surface area contributed by atoms with Gasteiger partial charge in [0.15, 0.2) is 0 Å². The number of ether oxygens (including phenoxy) is 1. The molecule has 33 heavy (non-hydrogen) atoms. The van der Waals surface area contributed by atoms with Gasteiger partial charge in [-0.1, -0.05) is 61.0 Å². The summed E-state index contributed by atoms with van der Waals surface area (Å²) < 4.78 is 5.44. The van der Waals surface area contributed by atoms with E-state index < -0.39 is 0 Å². The number of benzene rings is 3. The third-order valence-electron chi connectivity index (χ3n) is 5.97. The Hall–Kier alpha value is -3.86. The van der Waals surface area contributed by atoms with Gasteiger partial charge >= 0.3 is 0 Å².